The van der Waals surface area contributed by atoms with Crippen LogP contribution in [0.2, 0.25) is 5.15 Å². The molecule has 0 radical (unpaired) electrons. The molecule has 1 aliphatic rings. The number of pyridine rings is 1. The van der Waals surface area contributed by atoms with Gasteiger partial charge in [-0.05, 0) is 11.6 Å². The third-order valence-corrected chi connectivity index (χ3v) is 2.58. The summed E-state index contributed by atoms with van der Waals surface area (Å²) in [5.74, 6) is -0.192. The summed E-state index contributed by atoms with van der Waals surface area (Å²) in [6.45, 7) is 0.381. The first kappa shape index (κ1) is 10.9. The maximum absolute atomic E-state index is 11.6. The van der Waals surface area contributed by atoms with Gasteiger partial charge in [0.1, 0.15) is 11.7 Å². The van der Waals surface area contributed by atoms with Gasteiger partial charge < -0.3 is 4.90 Å². The van der Waals surface area contributed by atoms with Crippen LogP contribution in [-0.4, -0.2) is 40.3 Å². The van der Waals surface area contributed by atoms with E-state index in [1.54, 1.807) is 25.4 Å². The molecule has 0 unspecified atom stereocenters. The predicted octanol–water partition coefficient (Wildman–Crippen LogP) is 1.13. The van der Waals surface area contributed by atoms with Crippen LogP contribution in [0.3, 0.4) is 0 Å². The van der Waals surface area contributed by atoms with E-state index in [4.69, 9.17) is 11.6 Å². The number of likely N-dealkylation sites (N-methyl/N-ethyl adjacent to an activating group) is 1. The summed E-state index contributed by atoms with van der Waals surface area (Å²) in [6, 6.07) is 3.10. The Morgan fingerprint density at radius 1 is 1.44 bits per heavy atom. The third-order valence-electron chi connectivity index (χ3n) is 2.36. The number of urea groups is 1. The zero-order chi connectivity index (χ0) is 11.7. The highest BCUT2D eigenvalue weighted by atomic mass is 35.5. The Morgan fingerprint density at radius 3 is 2.69 bits per heavy atom. The van der Waals surface area contributed by atoms with Crippen LogP contribution in [0, 0.1) is 0 Å². The van der Waals surface area contributed by atoms with Gasteiger partial charge in [0.2, 0.25) is 0 Å². The Bertz CT molecular complexity index is 432. The predicted molar refractivity (Wildman–Crippen MR) is 57.8 cm³/mol. The van der Waals surface area contributed by atoms with Crippen molar-refractivity contribution in [3.05, 3.63) is 29.0 Å². The minimum absolute atomic E-state index is 0.139. The normalized spacial score (nSPS) is 16.1. The Balaban J connectivity index is 2.13. The van der Waals surface area contributed by atoms with E-state index in [0.29, 0.717) is 5.15 Å². The van der Waals surface area contributed by atoms with E-state index in [0.717, 1.165) is 5.56 Å². The SMILES string of the molecule is CN1CC(=O)N(Cc2ccc(Cl)nc2)C1=O. The van der Waals surface area contributed by atoms with Crippen molar-refractivity contribution in [2.24, 2.45) is 0 Å². The Morgan fingerprint density at radius 2 is 2.19 bits per heavy atom. The molecule has 0 saturated carbocycles. The number of hydrogen-bond acceptors (Lipinski definition) is 3. The Labute approximate surface area is 97.6 Å². The van der Waals surface area contributed by atoms with Crippen LogP contribution in [0.1, 0.15) is 5.56 Å². The Kier molecular flexibility index (Phi) is 2.78. The zero-order valence-corrected chi connectivity index (χ0v) is 9.44. The summed E-state index contributed by atoms with van der Waals surface area (Å²) in [4.78, 5) is 29.5. The van der Waals surface area contributed by atoms with Gasteiger partial charge in [-0.2, -0.15) is 0 Å². The molecule has 0 N–H and O–H groups in total. The lowest BCUT2D eigenvalue weighted by Crippen LogP contribution is -2.31. The van der Waals surface area contributed by atoms with E-state index in [9.17, 15) is 9.59 Å². The van der Waals surface area contributed by atoms with Gasteiger partial charge in [0, 0.05) is 13.2 Å². The van der Waals surface area contributed by atoms with Crippen LogP contribution in [0.4, 0.5) is 4.79 Å². The number of nitrogens with zero attached hydrogens (tertiary/aromatic N) is 3. The second-order valence-electron chi connectivity index (χ2n) is 3.61. The van der Waals surface area contributed by atoms with Gasteiger partial charge in [-0.25, -0.2) is 9.78 Å². The molecule has 1 aliphatic heterocycles. The molecular formula is C10H10ClN3O2. The lowest BCUT2D eigenvalue weighted by molar-refractivity contribution is -0.125. The summed E-state index contributed by atoms with van der Waals surface area (Å²) in [5.41, 5.74) is 0.779. The quantitative estimate of drug-likeness (QED) is 0.574. The topological polar surface area (TPSA) is 53.5 Å². The molecule has 0 atom stereocenters. The maximum atomic E-state index is 11.6. The molecule has 16 heavy (non-hydrogen) atoms. The minimum Gasteiger partial charge on any atom is -0.318 e. The molecule has 5 nitrogen and oxygen atoms in total. The van der Waals surface area contributed by atoms with Crippen LogP contribution in [0.25, 0.3) is 0 Å². The molecule has 1 aromatic heterocycles. The molecular weight excluding hydrogens is 230 g/mol. The van der Waals surface area contributed by atoms with Crippen LogP contribution in [-0.2, 0) is 11.3 Å². The van der Waals surface area contributed by atoms with E-state index >= 15 is 0 Å². The fourth-order valence-electron chi connectivity index (χ4n) is 1.51. The molecule has 3 amide bonds. The van der Waals surface area contributed by atoms with Gasteiger partial charge in [0.25, 0.3) is 5.91 Å². The number of amides is 3. The highest BCUT2D eigenvalue weighted by Crippen LogP contribution is 2.13. The fourth-order valence-corrected chi connectivity index (χ4v) is 1.62. The summed E-state index contributed by atoms with van der Waals surface area (Å²) >= 11 is 5.64. The zero-order valence-electron chi connectivity index (χ0n) is 8.68. The van der Waals surface area contributed by atoms with E-state index < -0.39 is 0 Å². The number of rotatable bonds is 2. The average molecular weight is 240 g/mol. The van der Waals surface area contributed by atoms with Gasteiger partial charge >= 0.3 is 6.03 Å². The molecule has 2 heterocycles. The smallest absolute Gasteiger partial charge is 0.318 e. The lowest BCUT2D eigenvalue weighted by atomic mass is 10.3. The standard InChI is InChI=1S/C10H10ClN3O2/c1-13-6-9(15)14(10(13)16)5-7-2-3-8(11)12-4-7/h2-4H,5-6H2,1H3. The number of carbonyl (C=O) groups excluding carboxylic acids is 2. The van der Waals surface area contributed by atoms with Crippen molar-refractivity contribution in [1.82, 2.24) is 14.8 Å². The van der Waals surface area contributed by atoms with Crippen molar-refractivity contribution in [3.63, 3.8) is 0 Å². The average Bonchev–Trinajstić information content (AvgIpc) is 2.48. The van der Waals surface area contributed by atoms with Crippen LogP contribution in [0.5, 0.6) is 0 Å². The molecule has 0 aliphatic carbocycles. The van der Waals surface area contributed by atoms with Crippen LogP contribution >= 0.6 is 11.6 Å². The highest BCUT2D eigenvalue weighted by Gasteiger charge is 2.33. The van der Waals surface area contributed by atoms with Crippen molar-refractivity contribution in [1.29, 1.82) is 0 Å². The van der Waals surface area contributed by atoms with E-state index in [1.165, 1.54) is 9.80 Å². The molecule has 1 saturated heterocycles. The minimum atomic E-state index is -0.278. The fraction of sp³-hybridized carbons (Fsp3) is 0.300. The van der Waals surface area contributed by atoms with Crippen molar-refractivity contribution in [2.45, 2.75) is 6.54 Å². The number of aromatic nitrogens is 1. The molecule has 1 aromatic rings. The first-order valence-corrected chi connectivity index (χ1v) is 5.11. The maximum Gasteiger partial charge on any atom is 0.327 e. The van der Waals surface area contributed by atoms with E-state index in [-0.39, 0.29) is 25.0 Å². The summed E-state index contributed by atoms with van der Waals surface area (Å²) in [5, 5.41) is 0.389. The first-order chi connectivity index (χ1) is 7.58. The number of hydrogen-bond donors (Lipinski definition) is 0. The van der Waals surface area contributed by atoms with Gasteiger partial charge in [-0.1, -0.05) is 17.7 Å². The molecule has 0 spiro atoms. The second-order valence-corrected chi connectivity index (χ2v) is 3.99. The van der Waals surface area contributed by atoms with Crippen molar-refractivity contribution in [3.8, 4) is 0 Å². The summed E-state index contributed by atoms with van der Waals surface area (Å²) < 4.78 is 0. The first-order valence-electron chi connectivity index (χ1n) is 4.74. The van der Waals surface area contributed by atoms with Gasteiger partial charge in [-0.3, -0.25) is 9.69 Å². The summed E-state index contributed by atoms with van der Waals surface area (Å²) in [7, 11) is 1.60. The highest BCUT2D eigenvalue weighted by molar-refractivity contribution is 6.29. The number of imide groups is 1. The van der Waals surface area contributed by atoms with E-state index in [1.807, 2.05) is 0 Å². The van der Waals surface area contributed by atoms with Crippen molar-refractivity contribution in [2.75, 3.05) is 13.6 Å². The van der Waals surface area contributed by atoms with Gasteiger partial charge in [0.05, 0.1) is 6.54 Å². The second kappa shape index (κ2) is 4.09. The summed E-state index contributed by atoms with van der Waals surface area (Å²) in [6.07, 6.45) is 1.56. The van der Waals surface area contributed by atoms with Gasteiger partial charge in [-0.15, -0.1) is 0 Å². The lowest BCUT2D eigenvalue weighted by Gasteiger charge is -2.13. The molecule has 0 bridgehead atoms. The molecule has 1 fully saturated rings. The molecule has 6 heteroatoms. The van der Waals surface area contributed by atoms with Crippen molar-refractivity contribution < 1.29 is 9.59 Å². The molecule has 2 rings (SSSR count). The third kappa shape index (κ3) is 1.99. The molecule has 0 aromatic carbocycles. The van der Waals surface area contributed by atoms with E-state index in [2.05, 4.69) is 4.98 Å². The van der Waals surface area contributed by atoms with Crippen molar-refractivity contribution >= 4 is 23.5 Å². The van der Waals surface area contributed by atoms with Crippen LogP contribution < -0.4 is 0 Å². The van der Waals surface area contributed by atoms with Crippen LogP contribution in [0.15, 0.2) is 18.3 Å². The van der Waals surface area contributed by atoms with Gasteiger partial charge in [0.15, 0.2) is 0 Å². The number of carbonyl (C=O) groups is 2. The molecule has 84 valence electrons. The Hall–Kier alpha value is -1.62. The largest absolute Gasteiger partial charge is 0.327 e. The number of halogens is 1. The monoisotopic (exact) mass is 239 g/mol.